The lowest BCUT2D eigenvalue weighted by Crippen LogP contribution is -2.15. The predicted octanol–water partition coefficient (Wildman–Crippen LogP) is 1.69. The van der Waals surface area contributed by atoms with Crippen LogP contribution in [-0.4, -0.2) is 40.1 Å². The molecular formula is C17H17N7O3. The molecule has 0 saturated heterocycles. The van der Waals surface area contributed by atoms with Crippen molar-refractivity contribution in [2.45, 2.75) is 27.3 Å². The molecule has 1 amide bonds. The SMILES string of the molecule is CCn1nc(C)c(O)c1-c1nc(-c2nc(C(N)=O)n3cc(C)ncc23)co1. The molecule has 10 heteroatoms. The van der Waals surface area contributed by atoms with Gasteiger partial charge in [-0.3, -0.25) is 18.9 Å². The second-order valence-electron chi connectivity index (χ2n) is 6.07. The van der Waals surface area contributed by atoms with Gasteiger partial charge in [0.05, 0.1) is 17.4 Å². The zero-order chi connectivity index (χ0) is 19.3. The smallest absolute Gasteiger partial charge is 0.285 e. The van der Waals surface area contributed by atoms with E-state index in [4.69, 9.17) is 10.2 Å². The molecule has 4 heterocycles. The van der Waals surface area contributed by atoms with Crippen molar-refractivity contribution >= 4 is 11.4 Å². The van der Waals surface area contributed by atoms with Gasteiger partial charge in [-0.2, -0.15) is 5.10 Å². The van der Waals surface area contributed by atoms with Gasteiger partial charge in [-0.25, -0.2) is 9.97 Å². The van der Waals surface area contributed by atoms with Crippen LogP contribution in [0.4, 0.5) is 0 Å². The summed E-state index contributed by atoms with van der Waals surface area (Å²) >= 11 is 0. The molecule has 0 radical (unpaired) electrons. The highest BCUT2D eigenvalue weighted by Gasteiger charge is 2.23. The fraction of sp³-hybridized carbons (Fsp3) is 0.235. The summed E-state index contributed by atoms with van der Waals surface area (Å²) in [6.45, 7) is 5.94. The van der Waals surface area contributed by atoms with Crippen LogP contribution in [0.25, 0.3) is 28.5 Å². The zero-order valence-electron chi connectivity index (χ0n) is 15.0. The lowest BCUT2D eigenvalue weighted by molar-refractivity contribution is 0.0990. The molecule has 0 spiro atoms. The molecule has 0 aliphatic heterocycles. The molecule has 0 atom stereocenters. The number of fused-ring (bicyclic) bond motifs is 1. The lowest BCUT2D eigenvalue weighted by atomic mass is 10.3. The van der Waals surface area contributed by atoms with Gasteiger partial charge in [0.25, 0.3) is 5.91 Å². The minimum Gasteiger partial charge on any atom is -0.504 e. The van der Waals surface area contributed by atoms with Crippen LogP contribution >= 0.6 is 0 Å². The minimum atomic E-state index is -0.664. The van der Waals surface area contributed by atoms with Crippen molar-refractivity contribution in [1.29, 1.82) is 0 Å². The van der Waals surface area contributed by atoms with Crippen molar-refractivity contribution in [3.63, 3.8) is 0 Å². The number of aromatic hydroxyl groups is 1. The molecule has 4 aromatic heterocycles. The number of carbonyl (C=O) groups excluding carboxylic acids is 1. The van der Waals surface area contributed by atoms with Gasteiger partial charge in [0.2, 0.25) is 11.7 Å². The molecule has 0 aliphatic rings. The molecule has 0 fully saturated rings. The Morgan fingerprint density at radius 2 is 2.11 bits per heavy atom. The summed E-state index contributed by atoms with van der Waals surface area (Å²) in [4.78, 5) is 24.8. The molecule has 3 N–H and O–H groups in total. The number of carbonyl (C=O) groups is 1. The van der Waals surface area contributed by atoms with E-state index >= 15 is 0 Å². The second kappa shape index (κ2) is 5.94. The standard InChI is InChI=1S/C17H17N7O3/c1-4-24-13(14(25)9(3)22-24)17-20-10(7-27-17)12-11-5-19-8(2)6-23(11)16(21-12)15(18)26/h5-7,25H,4H2,1-3H3,(H2,18,26). The number of imidazole rings is 1. The number of amides is 1. The Hall–Kier alpha value is -3.69. The van der Waals surface area contributed by atoms with Crippen LogP contribution in [0.15, 0.2) is 23.1 Å². The molecule has 138 valence electrons. The predicted molar refractivity (Wildman–Crippen MR) is 95.0 cm³/mol. The van der Waals surface area contributed by atoms with Crippen LogP contribution in [0.3, 0.4) is 0 Å². The third kappa shape index (κ3) is 2.53. The van der Waals surface area contributed by atoms with Gasteiger partial charge >= 0.3 is 0 Å². The average Bonchev–Trinajstić information content (AvgIpc) is 3.31. The summed E-state index contributed by atoms with van der Waals surface area (Å²) in [6, 6.07) is 0. The number of nitrogens with zero attached hydrogens (tertiary/aromatic N) is 6. The third-order valence-corrected chi connectivity index (χ3v) is 4.22. The van der Waals surface area contributed by atoms with Crippen molar-refractivity contribution in [2.75, 3.05) is 0 Å². The maximum atomic E-state index is 11.8. The van der Waals surface area contributed by atoms with Crippen LogP contribution in [0.5, 0.6) is 5.75 Å². The van der Waals surface area contributed by atoms with Gasteiger partial charge in [-0.15, -0.1) is 0 Å². The topological polar surface area (TPSA) is 137 Å². The zero-order valence-corrected chi connectivity index (χ0v) is 15.0. The molecule has 4 aromatic rings. The van der Waals surface area contributed by atoms with Gasteiger partial charge in [0, 0.05) is 12.7 Å². The van der Waals surface area contributed by atoms with Gasteiger partial charge in [0.15, 0.2) is 11.4 Å². The maximum Gasteiger partial charge on any atom is 0.285 e. The molecule has 27 heavy (non-hydrogen) atoms. The van der Waals surface area contributed by atoms with Gasteiger partial charge in [0.1, 0.15) is 23.3 Å². The summed E-state index contributed by atoms with van der Waals surface area (Å²) in [7, 11) is 0. The number of hydrogen-bond acceptors (Lipinski definition) is 7. The molecule has 4 rings (SSSR count). The van der Waals surface area contributed by atoms with E-state index in [1.165, 1.54) is 6.26 Å². The number of aromatic nitrogens is 6. The van der Waals surface area contributed by atoms with Crippen LogP contribution in [0.2, 0.25) is 0 Å². The third-order valence-electron chi connectivity index (χ3n) is 4.22. The number of primary amides is 1. The summed E-state index contributed by atoms with van der Waals surface area (Å²) in [6.07, 6.45) is 4.68. The van der Waals surface area contributed by atoms with Crippen molar-refractivity contribution in [2.24, 2.45) is 5.73 Å². The molecule has 0 unspecified atom stereocenters. The first-order valence-electron chi connectivity index (χ1n) is 8.27. The lowest BCUT2D eigenvalue weighted by Gasteiger charge is -2.00. The van der Waals surface area contributed by atoms with Crippen LogP contribution < -0.4 is 5.73 Å². The normalized spacial score (nSPS) is 11.4. The fourth-order valence-electron chi connectivity index (χ4n) is 2.95. The second-order valence-corrected chi connectivity index (χ2v) is 6.07. The van der Waals surface area contributed by atoms with E-state index in [0.717, 1.165) is 0 Å². The van der Waals surface area contributed by atoms with Crippen molar-refractivity contribution in [3.05, 3.63) is 35.9 Å². The largest absolute Gasteiger partial charge is 0.504 e. The molecule has 0 saturated carbocycles. The first kappa shape index (κ1) is 16.8. The number of rotatable bonds is 4. The van der Waals surface area contributed by atoms with Gasteiger partial charge in [-0.1, -0.05) is 0 Å². The Morgan fingerprint density at radius 3 is 2.81 bits per heavy atom. The Morgan fingerprint density at radius 1 is 1.33 bits per heavy atom. The molecule has 0 aliphatic carbocycles. The molecule has 10 nitrogen and oxygen atoms in total. The summed E-state index contributed by atoms with van der Waals surface area (Å²) in [5.41, 5.74) is 8.39. The Bertz CT molecular complexity index is 1190. The van der Waals surface area contributed by atoms with E-state index < -0.39 is 5.91 Å². The molecular weight excluding hydrogens is 350 g/mol. The van der Waals surface area contributed by atoms with Crippen molar-refractivity contribution < 1.29 is 14.3 Å². The number of aryl methyl sites for hydroxylation is 3. The van der Waals surface area contributed by atoms with Crippen LogP contribution in [-0.2, 0) is 6.54 Å². The van der Waals surface area contributed by atoms with E-state index in [-0.39, 0.29) is 17.5 Å². The van der Waals surface area contributed by atoms with Crippen molar-refractivity contribution in [1.82, 2.24) is 29.1 Å². The quantitative estimate of drug-likeness (QED) is 0.560. The Balaban J connectivity index is 1.89. The molecule has 0 aromatic carbocycles. The van der Waals surface area contributed by atoms with E-state index in [0.29, 0.717) is 40.5 Å². The van der Waals surface area contributed by atoms with Crippen molar-refractivity contribution in [3.8, 4) is 28.7 Å². The highest BCUT2D eigenvalue weighted by molar-refractivity contribution is 5.93. The first-order chi connectivity index (χ1) is 12.9. The van der Waals surface area contributed by atoms with Crippen LogP contribution in [0.1, 0.15) is 28.9 Å². The van der Waals surface area contributed by atoms with E-state index in [2.05, 4.69) is 20.1 Å². The molecule has 0 bridgehead atoms. The highest BCUT2D eigenvalue weighted by atomic mass is 16.3. The summed E-state index contributed by atoms with van der Waals surface area (Å²) in [5, 5.41) is 14.5. The van der Waals surface area contributed by atoms with Gasteiger partial charge in [-0.05, 0) is 20.8 Å². The Kier molecular flexibility index (Phi) is 3.69. The van der Waals surface area contributed by atoms with E-state index in [1.54, 1.807) is 35.3 Å². The number of nitrogens with two attached hydrogens (primary N) is 1. The monoisotopic (exact) mass is 367 g/mol. The number of hydrogen-bond donors (Lipinski definition) is 2. The fourth-order valence-corrected chi connectivity index (χ4v) is 2.95. The number of oxazole rings is 1. The van der Waals surface area contributed by atoms with Gasteiger partial charge < -0.3 is 15.3 Å². The average molecular weight is 367 g/mol. The summed E-state index contributed by atoms with van der Waals surface area (Å²) in [5.74, 6) is -0.378. The van der Waals surface area contributed by atoms with E-state index in [9.17, 15) is 9.90 Å². The minimum absolute atomic E-state index is 0.00932. The van der Waals surface area contributed by atoms with Crippen LogP contribution in [0, 0.1) is 13.8 Å². The first-order valence-corrected chi connectivity index (χ1v) is 8.27. The highest BCUT2D eigenvalue weighted by Crippen LogP contribution is 2.33. The Labute approximate surface area is 153 Å². The van der Waals surface area contributed by atoms with E-state index in [1.807, 2.05) is 6.92 Å². The maximum absolute atomic E-state index is 11.8. The summed E-state index contributed by atoms with van der Waals surface area (Å²) < 4.78 is 8.74.